The van der Waals surface area contributed by atoms with Crippen LogP contribution in [0.15, 0.2) is 57.9 Å². The third-order valence-electron chi connectivity index (χ3n) is 3.65. The highest BCUT2D eigenvalue weighted by Gasteiger charge is 2.12. The summed E-state index contributed by atoms with van der Waals surface area (Å²) in [5.41, 5.74) is 1.02. The van der Waals surface area contributed by atoms with Crippen LogP contribution in [0.25, 0.3) is 0 Å². The monoisotopic (exact) mass is 438 g/mol. The second-order valence-corrected chi connectivity index (χ2v) is 7.53. The number of thioether (sulfide) groups is 1. The van der Waals surface area contributed by atoms with Crippen molar-refractivity contribution in [1.82, 2.24) is 10.2 Å². The van der Waals surface area contributed by atoms with Crippen molar-refractivity contribution in [3.63, 3.8) is 0 Å². The van der Waals surface area contributed by atoms with E-state index in [9.17, 15) is 14.0 Å². The molecule has 138 valence electrons. The molecule has 26 heavy (non-hydrogen) atoms. The molecule has 0 radical (unpaired) electrons. The summed E-state index contributed by atoms with van der Waals surface area (Å²) in [6.45, 7) is 0.757. The number of benzene rings is 2. The van der Waals surface area contributed by atoms with Gasteiger partial charge in [0.25, 0.3) is 0 Å². The van der Waals surface area contributed by atoms with Crippen molar-refractivity contribution in [2.24, 2.45) is 0 Å². The summed E-state index contributed by atoms with van der Waals surface area (Å²) in [6.07, 6.45) is 0.219. The minimum Gasteiger partial charge on any atom is -0.355 e. The molecule has 1 N–H and O–H groups in total. The Morgan fingerprint density at radius 3 is 2.58 bits per heavy atom. The van der Waals surface area contributed by atoms with Crippen LogP contribution in [0.5, 0.6) is 0 Å². The number of carbonyl (C=O) groups is 2. The third-order valence-corrected chi connectivity index (χ3v) is 5.47. The molecule has 2 aromatic carbocycles. The Morgan fingerprint density at radius 1 is 1.15 bits per heavy atom. The first-order valence-electron chi connectivity index (χ1n) is 8.08. The van der Waals surface area contributed by atoms with E-state index in [-0.39, 0.29) is 36.4 Å². The molecule has 2 rings (SSSR count). The lowest BCUT2D eigenvalue weighted by Crippen LogP contribution is -2.32. The lowest BCUT2D eigenvalue weighted by Gasteiger charge is -2.18. The fraction of sp³-hybridized carbons (Fsp3) is 0.263. The molecule has 0 unspecified atom stereocenters. The van der Waals surface area contributed by atoms with E-state index >= 15 is 0 Å². The number of nitrogens with zero attached hydrogens (tertiary/aromatic N) is 1. The number of carbonyl (C=O) groups excluding carboxylic acids is 2. The summed E-state index contributed by atoms with van der Waals surface area (Å²) >= 11 is 4.60. The Morgan fingerprint density at radius 2 is 1.85 bits per heavy atom. The molecular formula is C19H20BrFN2O2S. The van der Waals surface area contributed by atoms with Gasteiger partial charge in [-0.1, -0.05) is 46.3 Å². The largest absolute Gasteiger partial charge is 0.355 e. The van der Waals surface area contributed by atoms with Gasteiger partial charge in [-0.3, -0.25) is 9.59 Å². The van der Waals surface area contributed by atoms with Crippen molar-refractivity contribution < 1.29 is 14.0 Å². The molecule has 4 nitrogen and oxygen atoms in total. The van der Waals surface area contributed by atoms with Gasteiger partial charge < -0.3 is 10.2 Å². The molecule has 0 bridgehead atoms. The summed E-state index contributed by atoms with van der Waals surface area (Å²) in [5, 5.41) is 2.69. The van der Waals surface area contributed by atoms with Crippen molar-refractivity contribution in [1.29, 1.82) is 0 Å². The van der Waals surface area contributed by atoms with Crippen LogP contribution in [0.2, 0.25) is 0 Å². The third kappa shape index (κ3) is 6.46. The molecule has 0 fully saturated rings. The van der Waals surface area contributed by atoms with Crippen LogP contribution in [0.3, 0.4) is 0 Å². The van der Waals surface area contributed by atoms with E-state index in [2.05, 4.69) is 21.2 Å². The molecule has 0 heterocycles. The Kier molecular flexibility index (Phi) is 8.12. The van der Waals surface area contributed by atoms with Gasteiger partial charge in [-0.2, -0.15) is 0 Å². The normalized spacial score (nSPS) is 10.4. The van der Waals surface area contributed by atoms with E-state index < -0.39 is 0 Å². The van der Waals surface area contributed by atoms with E-state index in [4.69, 9.17) is 0 Å². The van der Waals surface area contributed by atoms with Crippen LogP contribution >= 0.6 is 27.7 Å². The predicted molar refractivity (Wildman–Crippen MR) is 105 cm³/mol. The highest BCUT2D eigenvalue weighted by molar-refractivity contribution is 9.10. The fourth-order valence-electron chi connectivity index (χ4n) is 2.23. The highest BCUT2D eigenvalue weighted by atomic mass is 79.9. The molecule has 2 amide bonds. The second-order valence-electron chi connectivity index (χ2n) is 5.66. The first-order chi connectivity index (χ1) is 12.5. The lowest BCUT2D eigenvalue weighted by atomic mass is 10.2. The number of rotatable bonds is 8. The Balaban J connectivity index is 1.69. The Labute approximate surface area is 165 Å². The molecule has 0 saturated heterocycles. The fourth-order valence-corrected chi connectivity index (χ4v) is 3.41. The Hall–Kier alpha value is -1.86. The van der Waals surface area contributed by atoms with Crippen LogP contribution in [-0.2, 0) is 16.1 Å². The van der Waals surface area contributed by atoms with Crippen molar-refractivity contribution in [3.8, 4) is 0 Å². The summed E-state index contributed by atoms with van der Waals surface area (Å²) in [6, 6.07) is 14.1. The van der Waals surface area contributed by atoms with Crippen LogP contribution < -0.4 is 5.32 Å². The lowest BCUT2D eigenvalue weighted by molar-refractivity contribution is -0.130. The molecule has 0 saturated carbocycles. The maximum absolute atomic E-state index is 13.5. The SMILES string of the molecule is CN(Cc1ccccc1Br)C(=O)CCNC(=O)CSc1ccccc1F. The molecule has 0 spiro atoms. The van der Waals surface area contributed by atoms with Gasteiger partial charge >= 0.3 is 0 Å². The van der Waals surface area contributed by atoms with Crippen LogP contribution in [0.4, 0.5) is 4.39 Å². The zero-order valence-corrected chi connectivity index (χ0v) is 16.8. The Bertz CT molecular complexity index is 773. The molecule has 0 aliphatic rings. The molecule has 7 heteroatoms. The van der Waals surface area contributed by atoms with Gasteiger partial charge in [0.1, 0.15) is 5.82 Å². The minimum absolute atomic E-state index is 0.0530. The smallest absolute Gasteiger partial charge is 0.230 e. The number of amides is 2. The molecule has 2 aromatic rings. The topological polar surface area (TPSA) is 49.4 Å². The van der Waals surface area contributed by atoms with Gasteiger partial charge in [0, 0.05) is 35.9 Å². The average molecular weight is 439 g/mol. The van der Waals surface area contributed by atoms with Gasteiger partial charge in [-0.05, 0) is 23.8 Å². The zero-order chi connectivity index (χ0) is 18.9. The molecular weight excluding hydrogens is 419 g/mol. The van der Waals surface area contributed by atoms with Gasteiger partial charge in [0.15, 0.2) is 0 Å². The number of halogens is 2. The standard InChI is InChI=1S/C19H20BrFN2O2S/c1-23(12-14-6-2-3-7-15(14)20)19(25)10-11-22-18(24)13-26-17-9-5-4-8-16(17)21/h2-9H,10-13H2,1H3,(H,22,24). The first kappa shape index (κ1) is 20.5. The first-order valence-corrected chi connectivity index (χ1v) is 9.86. The van der Waals surface area contributed by atoms with Gasteiger partial charge in [-0.25, -0.2) is 4.39 Å². The van der Waals surface area contributed by atoms with E-state index in [0.717, 1.165) is 21.8 Å². The average Bonchev–Trinajstić information content (AvgIpc) is 2.62. The van der Waals surface area contributed by atoms with Crippen molar-refractivity contribution in [2.45, 2.75) is 17.9 Å². The van der Waals surface area contributed by atoms with Gasteiger partial charge in [0.2, 0.25) is 11.8 Å². The van der Waals surface area contributed by atoms with Gasteiger partial charge in [0.05, 0.1) is 5.75 Å². The summed E-state index contributed by atoms with van der Waals surface area (Å²) in [5.74, 6) is -0.501. The number of hydrogen-bond donors (Lipinski definition) is 1. The minimum atomic E-state index is -0.339. The number of hydrogen-bond acceptors (Lipinski definition) is 3. The predicted octanol–water partition coefficient (Wildman–Crippen LogP) is 3.85. The number of nitrogens with one attached hydrogen (secondary N) is 1. The van der Waals surface area contributed by atoms with Crippen molar-refractivity contribution in [2.75, 3.05) is 19.3 Å². The van der Waals surface area contributed by atoms with E-state index in [1.54, 1.807) is 30.1 Å². The van der Waals surface area contributed by atoms with Crippen LogP contribution in [0, 0.1) is 5.82 Å². The zero-order valence-electron chi connectivity index (χ0n) is 14.4. The maximum atomic E-state index is 13.5. The molecule has 0 aromatic heterocycles. The van der Waals surface area contributed by atoms with E-state index in [1.165, 1.54) is 6.07 Å². The van der Waals surface area contributed by atoms with E-state index in [0.29, 0.717) is 11.4 Å². The van der Waals surface area contributed by atoms with Crippen molar-refractivity contribution >= 4 is 39.5 Å². The van der Waals surface area contributed by atoms with Crippen molar-refractivity contribution in [3.05, 3.63) is 64.4 Å². The quantitative estimate of drug-likeness (QED) is 0.636. The summed E-state index contributed by atoms with van der Waals surface area (Å²) in [7, 11) is 1.73. The van der Waals surface area contributed by atoms with Crippen LogP contribution in [0.1, 0.15) is 12.0 Å². The van der Waals surface area contributed by atoms with Crippen LogP contribution in [-0.4, -0.2) is 36.1 Å². The molecule has 0 aliphatic carbocycles. The molecule has 0 aliphatic heterocycles. The highest BCUT2D eigenvalue weighted by Crippen LogP contribution is 2.20. The maximum Gasteiger partial charge on any atom is 0.230 e. The van der Waals surface area contributed by atoms with Gasteiger partial charge in [-0.15, -0.1) is 11.8 Å². The van der Waals surface area contributed by atoms with E-state index in [1.807, 2.05) is 24.3 Å². The second kappa shape index (κ2) is 10.3. The summed E-state index contributed by atoms with van der Waals surface area (Å²) in [4.78, 5) is 26.1. The summed E-state index contributed by atoms with van der Waals surface area (Å²) < 4.78 is 14.4. The molecule has 0 atom stereocenters.